The van der Waals surface area contributed by atoms with Crippen LogP contribution in [-0.2, 0) is 6.54 Å². The molecule has 4 nitrogen and oxygen atoms in total. The minimum atomic E-state index is 0.581. The lowest BCUT2D eigenvalue weighted by molar-refractivity contribution is 0.249. The lowest BCUT2D eigenvalue weighted by Crippen LogP contribution is -2.33. The monoisotopic (exact) mass is 268 g/mol. The molecule has 20 heavy (non-hydrogen) atoms. The zero-order valence-corrected chi connectivity index (χ0v) is 11.6. The van der Waals surface area contributed by atoms with Crippen LogP contribution < -0.4 is 0 Å². The van der Waals surface area contributed by atoms with Crippen LogP contribution in [0.25, 0.3) is 6.08 Å². The molecule has 2 aromatic rings. The van der Waals surface area contributed by atoms with E-state index in [0.717, 1.165) is 13.1 Å². The second-order valence-electron chi connectivity index (χ2n) is 5.22. The van der Waals surface area contributed by atoms with Gasteiger partial charge in [-0.25, -0.2) is 4.98 Å². The summed E-state index contributed by atoms with van der Waals surface area (Å²) in [4.78, 5) is 6.54. The Morgan fingerprint density at radius 1 is 1.25 bits per heavy atom. The van der Waals surface area contributed by atoms with E-state index in [9.17, 15) is 0 Å². The highest BCUT2D eigenvalue weighted by molar-refractivity contribution is 5.48. The Kier molecular flexibility index (Phi) is 4.23. The maximum atomic E-state index is 4.20. The van der Waals surface area contributed by atoms with Gasteiger partial charge in [0.25, 0.3) is 0 Å². The molecule has 1 aromatic carbocycles. The van der Waals surface area contributed by atoms with Crippen molar-refractivity contribution in [1.82, 2.24) is 19.7 Å². The summed E-state index contributed by atoms with van der Waals surface area (Å²) in [5.41, 5.74) is 1.26. The van der Waals surface area contributed by atoms with Crippen LogP contribution in [0.15, 0.2) is 49.1 Å². The predicted molar refractivity (Wildman–Crippen MR) is 80.1 cm³/mol. The molecular formula is C16H20N4. The van der Waals surface area contributed by atoms with Crippen LogP contribution in [0.1, 0.15) is 18.4 Å². The first-order chi connectivity index (χ1) is 9.92. The smallest absolute Gasteiger partial charge is 0.137 e. The van der Waals surface area contributed by atoms with Gasteiger partial charge in [-0.15, -0.1) is 0 Å². The molecular weight excluding hydrogens is 248 g/mol. The maximum Gasteiger partial charge on any atom is 0.137 e. The first kappa shape index (κ1) is 13.1. The molecule has 1 aliphatic rings. The second-order valence-corrected chi connectivity index (χ2v) is 5.22. The van der Waals surface area contributed by atoms with Crippen molar-refractivity contribution in [2.45, 2.75) is 25.4 Å². The second kappa shape index (κ2) is 6.48. The minimum Gasteiger partial charge on any atom is -0.295 e. The van der Waals surface area contributed by atoms with Crippen molar-refractivity contribution in [3.05, 3.63) is 54.6 Å². The van der Waals surface area contributed by atoms with E-state index in [0.29, 0.717) is 6.04 Å². The first-order valence-corrected chi connectivity index (χ1v) is 7.20. The third kappa shape index (κ3) is 3.33. The summed E-state index contributed by atoms with van der Waals surface area (Å²) in [5, 5.41) is 4.20. The fourth-order valence-electron chi connectivity index (χ4n) is 2.77. The van der Waals surface area contributed by atoms with Crippen LogP contribution in [0, 0.1) is 0 Å². The van der Waals surface area contributed by atoms with Crippen molar-refractivity contribution in [2.75, 3.05) is 13.1 Å². The molecule has 0 saturated carbocycles. The van der Waals surface area contributed by atoms with Gasteiger partial charge in [-0.05, 0) is 24.9 Å². The zero-order chi connectivity index (χ0) is 13.6. The predicted octanol–water partition coefficient (Wildman–Crippen LogP) is 2.46. The van der Waals surface area contributed by atoms with Gasteiger partial charge in [0.05, 0.1) is 6.54 Å². The Balaban J connectivity index is 1.55. The molecule has 0 aliphatic carbocycles. The van der Waals surface area contributed by atoms with Gasteiger partial charge >= 0.3 is 0 Å². The zero-order valence-electron chi connectivity index (χ0n) is 11.6. The number of rotatable bonds is 5. The largest absolute Gasteiger partial charge is 0.295 e. The van der Waals surface area contributed by atoms with Gasteiger partial charge in [-0.1, -0.05) is 42.5 Å². The number of likely N-dealkylation sites (tertiary alicyclic amines) is 1. The summed E-state index contributed by atoms with van der Waals surface area (Å²) in [5.74, 6) is 0. The standard InChI is InChI=1S/C16H20N4/c1-2-6-15(7-3-1)8-4-10-19-11-5-9-16(19)12-20-14-17-13-18-20/h1-4,6-8,13-14,16H,5,9-12H2/b8-4-/t16-/m0/s1. The van der Waals surface area contributed by atoms with Crippen molar-refractivity contribution in [3.63, 3.8) is 0 Å². The molecule has 2 heterocycles. The Hall–Kier alpha value is -1.94. The van der Waals surface area contributed by atoms with Crippen molar-refractivity contribution in [3.8, 4) is 0 Å². The molecule has 1 fully saturated rings. The van der Waals surface area contributed by atoms with Crippen molar-refractivity contribution >= 4 is 6.08 Å². The SMILES string of the molecule is C(=C/c1ccccc1)/CN1CCC[C@H]1Cn1cncn1. The molecule has 0 unspecified atom stereocenters. The fourth-order valence-corrected chi connectivity index (χ4v) is 2.77. The van der Waals surface area contributed by atoms with E-state index in [4.69, 9.17) is 0 Å². The quantitative estimate of drug-likeness (QED) is 0.835. The van der Waals surface area contributed by atoms with Crippen LogP contribution in [0.5, 0.6) is 0 Å². The summed E-state index contributed by atoms with van der Waals surface area (Å²) < 4.78 is 1.93. The molecule has 0 bridgehead atoms. The van der Waals surface area contributed by atoms with Crippen molar-refractivity contribution < 1.29 is 0 Å². The van der Waals surface area contributed by atoms with E-state index in [1.54, 1.807) is 12.7 Å². The van der Waals surface area contributed by atoms with Gasteiger partial charge in [-0.3, -0.25) is 9.58 Å². The summed E-state index contributed by atoms with van der Waals surface area (Å²) in [6.45, 7) is 3.13. The highest BCUT2D eigenvalue weighted by Gasteiger charge is 2.23. The minimum absolute atomic E-state index is 0.581. The number of aromatic nitrogens is 3. The highest BCUT2D eigenvalue weighted by atomic mass is 15.3. The van der Waals surface area contributed by atoms with Gasteiger partial charge in [0.15, 0.2) is 0 Å². The Bertz CT molecular complexity index is 533. The van der Waals surface area contributed by atoms with Crippen molar-refractivity contribution in [1.29, 1.82) is 0 Å². The van der Waals surface area contributed by atoms with Crippen LogP contribution in [0.2, 0.25) is 0 Å². The molecule has 0 N–H and O–H groups in total. The average molecular weight is 268 g/mol. The molecule has 4 heteroatoms. The molecule has 0 radical (unpaired) electrons. The maximum absolute atomic E-state index is 4.20. The van der Waals surface area contributed by atoms with E-state index in [1.165, 1.54) is 24.9 Å². The third-order valence-electron chi connectivity index (χ3n) is 3.81. The van der Waals surface area contributed by atoms with Gasteiger partial charge in [-0.2, -0.15) is 5.10 Å². The Morgan fingerprint density at radius 3 is 2.95 bits per heavy atom. The number of benzene rings is 1. The fraction of sp³-hybridized carbons (Fsp3) is 0.375. The topological polar surface area (TPSA) is 34.0 Å². The number of hydrogen-bond acceptors (Lipinski definition) is 3. The van der Waals surface area contributed by atoms with Crippen molar-refractivity contribution in [2.24, 2.45) is 0 Å². The van der Waals surface area contributed by atoms with Gasteiger partial charge in [0.2, 0.25) is 0 Å². The summed E-state index contributed by atoms with van der Waals surface area (Å²) in [6.07, 6.45) is 10.4. The van der Waals surface area contributed by atoms with E-state index in [2.05, 4.69) is 51.4 Å². The lowest BCUT2D eigenvalue weighted by atomic mass is 10.2. The van der Waals surface area contributed by atoms with Crippen LogP contribution in [0.3, 0.4) is 0 Å². The number of hydrogen-bond donors (Lipinski definition) is 0. The third-order valence-corrected chi connectivity index (χ3v) is 3.81. The molecule has 1 saturated heterocycles. The lowest BCUT2D eigenvalue weighted by Gasteiger charge is -2.22. The summed E-state index contributed by atoms with van der Waals surface area (Å²) >= 11 is 0. The molecule has 1 aromatic heterocycles. The van der Waals surface area contributed by atoms with E-state index < -0.39 is 0 Å². The van der Waals surface area contributed by atoms with E-state index in [1.807, 2.05) is 10.7 Å². The summed E-state index contributed by atoms with van der Waals surface area (Å²) in [6, 6.07) is 11.0. The summed E-state index contributed by atoms with van der Waals surface area (Å²) in [7, 11) is 0. The van der Waals surface area contributed by atoms with Crippen LogP contribution in [0.4, 0.5) is 0 Å². The Morgan fingerprint density at radius 2 is 2.15 bits per heavy atom. The molecule has 3 rings (SSSR count). The highest BCUT2D eigenvalue weighted by Crippen LogP contribution is 2.18. The normalized spacial score (nSPS) is 19.9. The molecule has 1 aliphatic heterocycles. The molecule has 0 amide bonds. The molecule has 104 valence electrons. The Labute approximate surface area is 119 Å². The van der Waals surface area contributed by atoms with Gasteiger partial charge < -0.3 is 0 Å². The first-order valence-electron chi connectivity index (χ1n) is 7.20. The van der Waals surface area contributed by atoms with Crippen LogP contribution >= 0.6 is 0 Å². The van der Waals surface area contributed by atoms with Gasteiger partial charge in [0.1, 0.15) is 12.7 Å². The molecule has 0 spiro atoms. The average Bonchev–Trinajstić information content (AvgIpc) is 3.13. The molecule has 1 atom stereocenters. The number of nitrogens with zero attached hydrogens (tertiary/aromatic N) is 4. The van der Waals surface area contributed by atoms with Gasteiger partial charge in [0, 0.05) is 12.6 Å². The van der Waals surface area contributed by atoms with E-state index >= 15 is 0 Å². The van der Waals surface area contributed by atoms with E-state index in [-0.39, 0.29) is 0 Å². The van der Waals surface area contributed by atoms with Crippen LogP contribution in [-0.4, -0.2) is 38.8 Å².